The van der Waals surface area contributed by atoms with Crippen LogP contribution in [-0.2, 0) is 0 Å². The van der Waals surface area contributed by atoms with E-state index < -0.39 is 11.7 Å². The van der Waals surface area contributed by atoms with Gasteiger partial charge in [0.1, 0.15) is 16.8 Å². The lowest BCUT2D eigenvalue weighted by atomic mass is 10.2. The number of pyridine rings is 1. The molecule has 37 heavy (non-hydrogen) atoms. The van der Waals surface area contributed by atoms with Gasteiger partial charge in [-0.1, -0.05) is 18.5 Å². The molecule has 3 aromatic rings. The molecule has 2 fully saturated rings. The normalized spacial score (nSPS) is 18.3. The molecule has 0 saturated carbocycles. The molecule has 3 N–H and O–H groups in total. The van der Waals surface area contributed by atoms with Crippen molar-refractivity contribution in [2.45, 2.75) is 26.3 Å². The fourth-order valence-electron chi connectivity index (χ4n) is 4.59. The van der Waals surface area contributed by atoms with E-state index in [9.17, 15) is 9.18 Å². The van der Waals surface area contributed by atoms with Crippen molar-refractivity contribution in [2.24, 2.45) is 0 Å². The van der Waals surface area contributed by atoms with E-state index >= 15 is 0 Å². The third kappa shape index (κ3) is 5.91. The third-order valence-electron chi connectivity index (χ3n) is 6.64. The molecular weight excluding hydrogens is 499 g/mol. The first-order valence-corrected chi connectivity index (χ1v) is 12.8. The Kier molecular flexibility index (Phi) is 7.38. The predicted octanol–water partition coefficient (Wildman–Crippen LogP) is 2.91. The highest BCUT2D eigenvalue weighted by Crippen LogP contribution is 2.24. The molecule has 3 aromatic heterocycles. The lowest BCUT2D eigenvalue weighted by Gasteiger charge is -2.35. The van der Waals surface area contributed by atoms with E-state index in [1.807, 2.05) is 19.1 Å². The topological polar surface area (TPSA) is 118 Å². The van der Waals surface area contributed by atoms with Crippen LogP contribution in [0.15, 0.2) is 24.3 Å². The second kappa shape index (κ2) is 10.9. The molecule has 0 radical (unpaired) electrons. The van der Waals surface area contributed by atoms with Crippen LogP contribution in [0.1, 0.15) is 29.5 Å². The number of likely N-dealkylation sites (tertiary alicyclic amines) is 1. The van der Waals surface area contributed by atoms with Crippen LogP contribution in [0.25, 0.3) is 0 Å². The summed E-state index contributed by atoms with van der Waals surface area (Å²) in [5, 5.41) is 13.9. The van der Waals surface area contributed by atoms with Crippen LogP contribution in [0.2, 0.25) is 5.15 Å². The summed E-state index contributed by atoms with van der Waals surface area (Å²) in [6.07, 6.45) is 0.665. The Balaban J connectivity index is 1.32. The molecule has 0 aromatic carbocycles. The lowest BCUT2D eigenvalue weighted by molar-refractivity contribution is 0.0780. The number of carbonyl (C=O) groups is 1. The fraction of sp³-hybridized carbons (Fsp3) is 0.458. The molecular formula is C24H30ClFN10O. The summed E-state index contributed by atoms with van der Waals surface area (Å²) in [6, 6.07) is 6.21. The number of hydrogen-bond donors (Lipinski definition) is 3. The molecule has 1 amide bonds. The number of nitrogens with zero attached hydrogens (tertiary/aromatic N) is 7. The van der Waals surface area contributed by atoms with Gasteiger partial charge in [0.25, 0.3) is 5.91 Å². The highest BCUT2D eigenvalue weighted by Gasteiger charge is 2.30. The van der Waals surface area contributed by atoms with Crippen molar-refractivity contribution in [3.63, 3.8) is 0 Å². The summed E-state index contributed by atoms with van der Waals surface area (Å²) >= 11 is 5.88. The molecule has 196 valence electrons. The van der Waals surface area contributed by atoms with Gasteiger partial charge >= 0.3 is 0 Å². The molecule has 5 heterocycles. The quantitative estimate of drug-likeness (QED) is 0.398. The second-order valence-corrected chi connectivity index (χ2v) is 9.65. The zero-order chi connectivity index (χ0) is 25.9. The Morgan fingerprint density at radius 2 is 1.95 bits per heavy atom. The van der Waals surface area contributed by atoms with Crippen molar-refractivity contribution >= 4 is 40.9 Å². The van der Waals surface area contributed by atoms with Gasteiger partial charge in [0, 0.05) is 63.1 Å². The fourth-order valence-corrected chi connectivity index (χ4v) is 4.74. The largest absolute Gasteiger partial charge is 0.354 e. The number of H-pyrrole nitrogens is 1. The minimum Gasteiger partial charge on any atom is -0.354 e. The van der Waals surface area contributed by atoms with E-state index in [0.717, 1.165) is 50.3 Å². The Bertz CT molecular complexity index is 1260. The van der Waals surface area contributed by atoms with E-state index in [0.29, 0.717) is 37.1 Å². The van der Waals surface area contributed by atoms with E-state index in [-0.39, 0.29) is 16.9 Å². The Hall–Kier alpha value is -3.51. The molecule has 13 heteroatoms. The van der Waals surface area contributed by atoms with Gasteiger partial charge in [0.05, 0.1) is 0 Å². The Morgan fingerprint density at radius 3 is 2.68 bits per heavy atom. The lowest BCUT2D eigenvalue weighted by Crippen LogP contribution is -2.46. The number of aromatic nitrogens is 5. The molecule has 2 aliphatic heterocycles. The van der Waals surface area contributed by atoms with Crippen molar-refractivity contribution < 1.29 is 9.18 Å². The zero-order valence-electron chi connectivity index (χ0n) is 20.8. The van der Waals surface area contributed by atoms with Crippen molar-refractivity contribution in [3.8, 4) is 0 Å². The molecule has 0 bridgehead atoms. The van der Waals surface area contributed by atoms with Gasteiger partial charge in [-0.3, -0.25) is 9.89 Å². The first-order chi connectivity index (χ1) is 17.9. The number of amides is 1. The van der Waals surface area contributed by atoms with Crippen molar-refractivity contribution in [1.82, 2.24) is 34.9 Å². The van der Waals surface area contributed by atoms with Crippen LogP contribution in [0.4, 0.5) is 27.8 Å². The van der Waals surface area contributed by atoms with Gasteiger partial charge < -0.3 is 25.3 Å². The summed E-state index contributed by atoms with van der Waals surface area (Å²) in [5.74, 6) is 1.39. The standard InChI is InChI=1S/C24H30ClFN10O/c1-3-34-8-10-35(11-9-34)21-13-19(29-20-12-15(2)32-33-20)30-24(31-21)27-16-6-7-36(14-16)23(37)22-17(26)4-5-18(25)28-22/h4-5,12-13,16H,3,6-11,14H2,1-2H3,(H3,27,29,30,31,32,33)/t16-/m0/s1. The molecule has 11 nitrogen and oxygen atoms in total. The maximum Gasteiger partial charge on any atom is 0.275 e. The van der Waals surface area contributed by atoms with Crippen molar-refractivity contribution in [1.29, 1.82) is 0 Å². The highest BCUT2D eigenvalue weighted by molar-refractivity contribution is 6.29. The summed E-state index contributed by atoms with van der Waals surface area (Å²) in [5.41, 5.74) is 0.672. The number of aromatic amines is 1. The summed E-state index contributed by atoms with van der Waals surface area (Å²) < 4.78 is 14.2. The van der Waals surface area contributed by atoms with Gasteiger partial charge in [-0.25, -0.2) is 9.37 Å². The summed E-state index contributed by atoms with van der Waals surface area (Å²) in [6.45, 7) is 9.64. The zero-order valence-corrected chi connectivity index (χ0v) is 21.6. The number of carbonyl (C=O) groups excluding carboxylic acids is 1. The number of hydrogen-bond acceptors (Lipinski definition) is 9. The summed E-state index contributed by atoms with van der Waals surface area (Å²) in [7, 11) is 0. The molecule has 0 spiro atoms. The summed E-state index contributed by atoms with van der Waals surface area (Å²) in [4.78, 5) is 32.4. The Morgan fingerprint density at radius 1 is 1.14 bits per heavy atom. The number of piperazine rings is 1. The van der Waals surface area contributed by atoms with Crippen LogP contribution in [0, 0.1) is 12.7 Å². The molecule has 2 saturated heterocycles. The second-order valence-electron chi connectivity index (χ2n) is 9.26. The van der Waals surface area contributed by atoms with Gasteiger partial charge in [-0.05, 0) is 32.0 Å². The van der Waals surface area contributed by atoms with Crippen LogP contribution in [0.3, 0.4) is 0 Å². The number of nitrogens with one attached hydrogen (secondary N) is 3. The molecule has 0 unspecified atom stereocenters. The average molecular weight is 529 g/mol. The molecule has 0 aliphatic carbocycles. The van der Waals surface area contributed by atoms with Gasteiger partial charge in [-0.15, -0.1) is 0 Å². The first-order valence-electron chi connectivity index (χ1n) is 12.4. The molecule has 2 aliphatic rings. The average Bonchev–Trinajstić information content (AvgIpc) is 3.53. The van der Waals surface area contributed by atoms with Crippen LogP contribution >= 0.6 is 11.6 Å². The van der Waals surface area contributed by atoms with Gasteiger partial charge in [0.2, 0.25) is 5.95 Å². The monoisotopic (exact) mass is 528 g/mol. The SMILES string of the molecule is CCN1CCN(c2cc(Nc3cc(C)[nH]n3)nc(N[C@H]3CCN(C(=O)c4nc(Cl)ccc4F)C3)n2)CC1. The highest BCUT2D eigenvalue weighted by atomic mass is 35.5. The number of rotatable bonds is 7. The van der Waals surface area contributed by atoms with Crippen LogP contribution in [0.5, 0.6) is 0 Å². The Labute approximate surface area is 219 Å². The van der Waals surface area contributed by atoms with Crippen molar-refractivity contribution in [3.05, 3.63) is 46.6 Å². The van der Waals surface area contributed by atoms with Gasteiger partial charge in [-0.2, -0.15) is 15.1 Å². The molecule has 1 atom stereocenters. The minimum absolute atomic E-state index is 0.0794. The number of anilines is 4. The van der Waals surface area contributed by atoms with Crippen molar-refractivity contribution in [2.75, 3.05) is 61.3 Å². The van der Waals surface area contributed by atoms with E-state index in [4.69, 9.17) is 16.6 Å². The van der Waals surface area contributed by atoms with Gasteiger partial charge in [0.15, 0.2) is 17.3 Å². The van der Waals surface area contributed by atoms with Crippen LogP contribution < -0.4 is 15.5 Å². The molecule has 5 rings (SSSR count). The number of halogens is 2. The maximum absolute atomic E-state index is 14.2. The van der Waals surface area contributed by atoms with E-state index in [1.165, 1.54) is 6.07 Å². The number of aryl methyl sites for hydroxylation is 1. The first kappa shape index (κ1) is 25.2. The van der Waals surface area contributed by atoms with Crippen LogP contribution in [-0.4, -0.2) is 92.7 Å². The smallest absolute Gasteiger partial charge is 0.275 e. The number of likely N-dealkylation sites (N-methyl/N-ethyl adjacent to an activating group) is 1. The third-order valence-corrected chi connectivity index (χ3v) is 6.85. The minimum atomic E-state index is -0.686. The van der Waals surface area contributed by atoms with E-state index in [2.05, 4.69) is 47.5 Å². The van der Waals surface area contributed by atoms with E-state index in [1.54, 1.807) is 4.90 Å². The maximum atomic E-state index is 14.2. The predicted molar refractivity (Wildman–Crippen MR) is 140 cm³/mol.